The molecule has 2 heteroatoms. The van der Waals surface area contributed by atoms with Gasteiger partial charge in [0.2, 0.25) is 0 Å². The highest BCUT2D eigenvalue weighted by Gasteiger charge is 2.42. The van der Waals surface area contributed by atoms with Crippen molar-refractivity contribution in [1.82, 2.24) is 9.80 Å². The fraction of sp³-hybridized carbons (Fsp3) is 1.00. The van der Waals surface area contributed by atoms with Crippen LogP contribution in [0.4, 0.5) is 0 Å². The quantitative estimate of drug-likeness (QED) is 0.754. The van der Waals surface area contributed by atoms with Crippen molar-refractivity contribution in [3.8, 4) is 0 Å². The molecule has 0 aliphatic carbocycles. The summed E-state index contributed by atoms with van der Waals surface area (Å²) in [6.07, 6.45) is 2.77. The summed E-state index contributed by atoms with van der Waals surface area (Å²) in [4.78, 5) is 5.30. The molecule has 2 aliphatic rings. The Balaban J connectivity index is 1.68. The summed E-state index contributed by atoms with van der Waals surface area (Å²) in [5, 5.41) is 0. The topological polar surface area (TPSA) is 6.48 Å². The molecule has 0 aromatic rings. The van der Waals surface area contributed by atoms with E-state index in [1.165, 1.54) is 39.0 Å². The third kappa shape index (κ3) is 3.57. The molecular weight excluding hydrogens is 244 g/mol. The minimum absolute atomic E-state index is 0.403. The summed E-state index contributed by atoms with van der Waals surface area (Å²) in [6, 6.07) is 0.738. The molecule has 0 bridgehead atoms. The van der Waals surface area contributed by atoms with Gasteiger partial charge >= 0.3 is 0 Å². The molecule has 0 aromatic heterocycles. The Morgan fingerprint density at radius 3 is 1.95 bits per heavy atom. The van der Waals surface area contributed by atoms with E-state index in [2.05, 4.69) is 58.3 Å². The van der Waals surface area contributed by atoms with Gasteiger partial charge in [-0.05, 0) is 57.8 Å². The Hall–Kier alpha value is -0.0800. The lowest BCUT2D eigenvalue weighted by Gasteiger charge is -2.54. The van der Waals surface area contributed by atoms with Crippen LogP contribution in [-0.2, 0) is 0 Å². The summed E-state index contributed by atoms with van der Waals surface area (Å²) >= 11 is 0. The van der Waals surface area contributed by atoms with E-state index in [-0.39, 0.29) is 0 Å². The van der Waals surface area contributed by atoms with Crippen LogP contribution in [0.2, 0.25) is 0 Å². The minimum atomic E-state index is 0.403. The predicted octanol–water partition coefficient (Wildman–Crippen LogP) is 3.86. The molecule has 20 heavy (non-hydrogen) atoms. The van der Waals surface area contributed by atoms with E-state index in [1.807, 2.05) is 0 Å². The summed E-state index contributed by atoms with van der Waals surface area (Å²) in [5.41, 5.74) is 0.887. The molecule has 2 heterocycles. The lowest BCUT2D eigenvalue weighted by Crippen LogP contribution is -2.60. The van der Waals surface area contributed by atoms with Gasteiger partial charge in [-0.3, -0.25) is 4.90 Å². The third-order valence-electron chi connectivity index (χ3n) is 5.84. The number of likely N-dealkylation sites (tertiary alicyclic amines) is 2. The van der Waals surface area contributed by atoms with Crippen molar-refractivity contribution in [3.63, 3.8) is 0 Å². The molecule has 2 nitrogen and oxygen atoms in total. The number of rotatable bonds is 5. The highest BCUT2D eigenvalue weighted by atomic mass is 15.3. The zero-order valence-electron chi connectivity index (χ0n) is 14.9. The zero-order chi connectivity index (χ0) is 15.1. The van der Waals surface area contributed by atoms with Gasteiger partial charge in [0.1, 0.15) is 0 Å². The van der Waals surface area contributed by atoms with Crippen molar-refractivity contribution >= 4 is 0 Å². The van der Waals surface area contributed by atoms with E-state index in [1.54, 1.807) is 0 Å². The van der Waals surface area contributed by atoms with Crippen LogP contribution in [0.3, 0.4) is 0 Å². The molecule has 2 rings (SSSR count). The molecule has 2 fully saturated rings. The van der Waals surface area contributed by atoms with Gasteiger partial charge in [-0.15, -0.1) is 0 Å². The van der Waals surface area contributed by atoms with Crippen molar-refractivity contribution < 1.29 is 0 Å². The Kier molecular flexibility index (Phi) is 4.57. The first-order valence-corrected chi connectivity index (χ1v) is 8.58. The Bertz CT molecular complexity index is 315. The van der Waals surface area contributed by atoms with E-state index in [9.17, 15) is 0 Å². The van der Waals surface area contributed by atoms with E-state index >= 15 is 0 Å². The maximum Gasteiger partial charge on any atom is 0.0153 e. The molecular formula is C18H36N2. The molecule has 0 amide bonds. The summed E-state index contributed by atoms with van der Waals surface area (Å²) in [6.45, 7) is 22.0. The monoisotopic (exact) mass is 280 g/mol. The average Bonchev–Trinajstić information content (AvgIpc) is 2.07. The molecule has 0 N–H and O–H groups in total. The number of nitrogens with zero attached hydrogens (tertiary/aromatic N) is 2. The van der Waals surface area contributed by atoms with Crippen LogP contribution in [0.25, 0.3) is 0 Å². The summed E-state index contributed by atoms with van der Waals surface area (Å²) < 4.78 is 0. The van der Waals surface area contributed by atoms with Crippen molar-refractivity contribution in [2.75, 3.05) is 26.2 Å². The molecule has 0 aromatic carbocycles. The molecule has 118 valence electrons. The van der Waals surface area contributed by atoms with E-state index in [0.717, 1.165) is 17.9 Å². The number of hydrogen-bond acceptors (Lipinski definition) is 2. The highest BCUT2D eigenvalue weighted by Crippen LogP contribution is 2.39. The SMILES string of the molecule is CC(C)N1CC(CCC(C)(C)N2CC(C(C)(C)C)C2)C1. The lowest BCUT2D eigenvalue weighted by atomic mass is 9.73. The second-order valence-corrected chi connectivity index (χ2v) is 9.23. The smallest absolute Gasteiger partial charge is 0.0153 e. The van der Waals surface area contributed by atoms with Crippen LogP contribution in [0, 0.1) is 17.3 Å². The maximum atomic E-state index is 2.71. The standard InChI is InChI=1S/C18H36N2/c1-14(2)19-10-15(11-19)8-9-18(6,7)20-12-16(13-20)17(3,4)5/h14-16H,8-13H2,1-7H3. The van der Waals surface area contributed by atoms with Crippen molar-refractivity contribution in [2.45, 2.75) is 72.9 Å². The van der Waals surface area contributed by atoms with Gasteiger partial charge in [-0.2, -0.15) is 0 Å². The molecule has 2 saturated heterocycles. The fourth-order valence-electron chi connectivity index (χ4n) is 3.45. The minimum Gasteiger partial charge on any atom is -0.300 e. The van der Waals surface area contributed by atoms with E-state index in [0.29, 0.717) is 11.0 Å². The van der Waals surface area contributed by atoms with Gasteiger partial charge < -0.3 is 4.90 Å². The second-order valence-electron chi connectivity index (χ2n) is 9.23. The van der Waals surface area contributed by atoms with E-state index < -0.39 is 0 Å². The van der Waals surface area contributed by atoms with E-state index in [4.69, 9.17) is 0 Å². The Morgan fingerprint density at radius 2 is 1.50 bits per heavy atom. The van der Waals surface area contributed by atoms with Crippen LogP contribution < -0.4 is 0 Å². The van der Waals surface area contributed by atoms with Crippen LogP contribution in [-0.4, -0.2) is 47.6 Å². The molecule has 0 radical (unpaired) electrons. The molecule has 0 saturated carbocycles. The first-order valence-electron chi connectivity index (χ1n) is 8.58. The maximum absolute atomic E-state index is 2.71. The Labute approximate surface area is 126 Å². The summed E-state index contributed by atoms with van der Waals surface area (Å²) in [5.74, 6) is 1.85. The van der Waals surface area contributed by atoms with Gasteiger partial charge in [-0.25, -0.2) is 0 Å². The van der Waals surface area contributed by atoms with Crippen LogP contribution in [0.15, 0.2) is 0 Å². The van der Waals surface area contributed by atoms with Crippen molar-refractivity contribution in [2.24, 2.45) is 17.3 Å². The fourth-order valence-corrected chi connectivity index (χ4v) is 3.45. The van der Waals surface area contributed by atoms with Crippen LogP contribution in [0.5, 0.6) is 0 Å². The zero-order valence-corrected chi connectivity index (χ0v) is 14.9. The third-order valence-corrected chi connectivity index (χ3v) is 5.84. The largest absolute Gasteiger partial charge is 0.300 e. The van der Waals surface area contributed by atoms with Crippen molar-refractivity contribution in [3.05, 3.63) is 0 Å². The first kappa shape index (κ1) is 16.3. The molecule has 0 atom stereocenters. The van der Waals surface area contributed by atoms with Gasteiger partial charge in [0.15, 0.2) is 0 Å². The molecule has 2 aliphatic heterocycles. The highest BCUT2D eigenvalue weighted by molar-refractivity contribution is 4.96. The van der Waals surface area contributed by atoms with Crippen molar-refractivity contribution in [1.29, 1.82) is 0 Å². The van der Waals surface area contributed by atoms with Gasteiger partial charge in [-0.1, -0.05) is 20.8 Å². The molecule has 0 unspecified atom stereocenters. The normalized spacial score (nSPS) is 24.0. The van der Waals surface area contributed by atoms with Gasteiger partial charge in [0.05, 0.1) is 0 Å². The number of hydrogen-bond donors (Lipinski definition) is 0. The lowest BCUT2D eigenvalue weighted by molar-refractivity contribution is -0.0509. The first-order chi connectivity index (χ1) is 9.09. The molecule has 0 spiro atoms. The summed E-state index contributed by atoms with van der Waals surface area (Å²) in [7, 11) is 0. The van der Waals surface area contributed by atoms with Gasteiger partial charge in [0.25, 0.3) is 0 Å². The van der Waals surface area contributed by atoms with Gasteiger partial charge in [0, 0.05) is 37.8 Å². The van der Waals surface area contributed by atoms with Crippen LogP contribution in [0.1, 0.15) is 61.3 Å². The second kappa shape index (κ2) is 5.61. The predicted molar refractivity (Wildman–Crippen MR) is 88.0 cm³/mol. The Morgan fingerprint density at radius 1 is 0.950 bits per heavy atom. The van der Waals surface area contributed by atoms with Crippen LogP contribution >= 0.6 is 0 Å². The average molecular weight is 281 g/mol.